The lowest BCUT2D eigenvalue weighted by Crippen LogP contribution is -2.42. The first-order chi connectivity index (χ1) is 12.1. The molecule has 1 aliphatic rings. The molecule has 3 rings (SSSR count). The van der Waals surface area contributed by atoms with Crippen molar-refractivity contribution in [3.8, 4) is 5.88 Å². The van der Waals surface area contributed by atoms with Crippen molar-refractivity contribution >= 4 is 5.91 Å². The average Bonchev–Trinajstić information content (AvgIpc) is 3.05. The van der Waals surface area contributed by atoms with Crippen LogP contribution >= 0.6 is 0 Å². The van der Waals surface area contributed by atoms with E-state index in [1.807, 2.05) is 17.9 Å². The number of methoxy groups -OCH3 is 1. The first-order valence-electron chi connectivity index (χ1n) is 8.44. The van der Waals surface area contributed by atoms with Gasteiger partial charge < -0.3 is 10.1 Å². The van der Waals surface area contributed by atoms with Crippen molar-refractivity contribution in [2.45, 2.75) is 18.9 Å². The summed E-state index contributed by atoms with van der Waals surface area (Å²) in [5, 5.41) is 15.0. The molecule has 0 bridgehead atoms. The number of rotatable bonds is 5. The first kappa shape index (κ1) is 17.3. The van der Waals surface area contributed by atoms with Gasteiger partial charge in [-0.25, -0.2) is 0 Å². The lowest BCUT2D eigenvalue weighted by atomic mass is 9.87. The second-order valence-corrected chi connectivity index (χ2v) is 6.38. The smallest absolute Gasteiger partial charge is 0.271 e. The molecule has 0 unspecified atom stereocenters. The van der Waals surface area contributed by atoms with Crippen LogP contribution in [0.4, 0.5) is 0 Å². The van der Waals surface area contributed by atoms with Crippen LogP contribution in [0, 0.1) is 5.92 Å². The largest absolute Gasteiger partial charge is 0.480 e. The van der Waals surface area contributed by atoms with Crippen molar-refractivity contribution in [3.63, 3.8) is 0 Å². The summed E-state index contributed by atoms with van der Waals surface area (Å²) < 4.78 is 6.88. The first-order valence-corrected chi connectivity index (χ1v) is 8.44. The molecule has 1 saturated heterocycles. The minimum Gasteiger partial charge on any atom is -0.480 e. The summed E-state index contributed by atoms with van der Waals surface area (Å²) >= 11 is 0. The highest BCUT2D eigenvalue weighted by molar-refractivity contribution is 5.92. The van der Waals surface area contributed by atoms with Crippen LogP contribution in [0.5, 0.6) is 5.88 Å². The van der Waals surface area contributed by atoms with E-state index >= 15 is 0 Å². The molecular weight excluding hydrogens is 320 g/mol. The Kier molecular flexibility index (Phi) is 5.28. The molecule has 0 radical (unpaired) electrons. The molecule has 0 aromatic carbocycles. The molecule has 0 saturated carbocycles. The highest BCUT2D eigenvalue weighted by Crippen LogP contribution is 2.34. The van der Waals surface area contributed by atoms with Gasteiger partial charge in [-0.2, -0.15) is 5.10 Å². The maximum atomic E-state index is 12.3. The standard InChI is InChI=1S/C17H24N6O2/c1-22-10-4-5-12(16(22)14-8-9-19-23(14)2)11-18-17(24)13-6-7-15(25-3)21-20-13/h6-9,12,16H,4-5,10-11H2,1-3H3,(H,18,24)/t12-,16+/m0/s1. The number of piperidine rings is 1. The zero-order valence-corrected chi connectivity index (χ0v) is 14.8. The molecular formula is C17H24N6O2. The van der Waals surface area contributed by atoms with Crippen LogP contribution in [0.15, 0.2) is 24.4 Å². The predicted octanol–water partition coefficient (Wildman–Crippen LogP) is 1.03. The van der Waals surface area contributed by atoms with E-state index in [0.29, 0.717) is 24.0 Å². The Morgan fingerprint density at radius 1 is 1.32 bits per heavy atom. The van der Waals surface area contributed by atoms with E-state index in [1.54, 1.807) is 12.1 Å². The average molecular weight is 344 g/mol. The number of carbonyl (C=O) groups is 1. The number of aryl methyl sites for hydroxylation is 1. The van der Waals surface area contributed by atoms with Crippen molar-refractivity contribution in [2.75, 3.05) is 27.2 Å². The van der Waals surface area contributed by atoms with Gasteiger partial charge >= 0.3 is 0 Å². The number of aromatic nitrogens is 4. The van der Waals surface area contributed by atoms with Gasteiger partial charge in [-0.15, -0.1) is 10.2 Å². The quantitative estimate of drug-likeness (QED) is 0.872. The van der Waals surface area contributed by atoms with E-state index in [0.717, 1.165) is 19.4 Å². The fraction of sp³-hybridized carbons (Fsp3) is 0.529. The fourth-order valence-corrected chi connectivity index (χ4v) is 3.48. The highest BCUT2D eigenvalue weighted by Gasteiger charge is 2.32. The fourth-order valence-electron chi connectivity index (χ4n) is 3.48. The van der Waals surface area contributed by atoms with Crippen molar-refractivity contribution < 1.29 is 9.53 Å². The second-order valence-electron chi connectivity index (χ2n) is 6.38. The maximum Gasteiger partial charge on any atom is 0.271 e. The van der Waals surface area contributed by atoms with Crippen LogP contribution in [0.2, 0.25) is 0 Å². The molecule has 1 fully saturated rings. The molecule has 3 heterocycles. The van der Waals surface area contributed by atoms with Gasteiger partial charge in [0.2, 0.25) is 5.88 Å². The lowest BCUT2D eigenvalue weighted by Gasteiger charge is -2.39. The number of likely N-dealkylation sites (tertiary alicyclic amines) is 1. The summed E-state index contributed by atoms with van der Waals surface area (Å²) in [6.07, 6.45) is 4.00. The zero-order chi connectivity index (χ0) is 17.8. The van der Waals surface area contributed by atoms with E-state index in [-0.39, 0.29) is 11.9 Å². The Balaban J connectivity index is 1.67. The molecule has 1 N–H and O–H groups in total. The Hall–Kier alpha value is -2.48. The molecule has 0 spiro atoms. The Bertz CT molecular complexity index is 714. The topological polar surface area (TPSA) is 85.2 Å². The van der Waals surface area contributed by atoms with Gasteiger partial charge in [-0.05, 0) is 44.5 Å². The second kappa shape index (κ2) is 7.60. The summed E-state index contributed by atoms with van der Waals surface area (Å²) in [6.45, 7) is 1.64. The van der Waals surface area contributed by atoms with Gasteiger partial charge in [0.05, 0.1) is 18.8 Å². The third kappa shape index (κ3) is 3.79. The molecule has 1 aliphatic heterocycles. The zero-order valence-electron chi connectivity index (χ0n) is 14.8. The molecule has 8 nitrogen and oxygen atoms in total. The molecule has 134 valence electrons. The van der Waals surface area contributed by atoms with Crippen molar-refractivity contribution in [3.05, 3.63) is 35.8 Å². The summed E-state index contributed by atoms with van der Waals surface area (Å²) in [5.74, 6) is 0.498. The van der Waals surface area contributed by atoms with E-state index < -0.39 is 0 Å². The van der Waals surface area contributed by atoms with Crippen LogP contribution in [0.1, 0.15) is 35.1 Å². The monoisotopic (exact) mass is 344 g/mol. The van der Waals surface area contributed by atoms with Gasteiger partial charge in [0.15, 0.2) is 5.69 Å². The molecule has 2 aromatic heterocycles. The van der Waals surface area contributed by atoms with Crippen LogP contribution in [0.3, 0.4) is 0 Å². The number of hydrogen-bond donors (Lipinski definition) is 1. The highest BCUT2D eigenvalue weighted by atomic mass is 16.5. The van der Waals surface area contributed by atoms with Gasteiger partial charge in [0.1, 0.15) is 0 Å². The third-order valence-corrected chi connectivity index (χ3v) is 4.78. The number of ether oxygens (including phenoxy) is 1. The van der Waals surface area contributed by atoms with Gasteiger partial charge in [-0.1, -0.05) is 0 Å². The van der Waals surface area contributed by atoms with E-state index in [2.05, 4.69) is 38.6 Å². The minimum atomic E-state index is -0.216. The number of amides is 1. The summed E-state index contributed by atoms with van der Waals surface area (Å²) in [4.78, 5) is 14.7. The Labute approximate surface area is 147 Å². The SMILES string of the molecule is COc1ccc(C(=O)NC[C@@H]2CCCN(C)[C@H]2c2ccnn2C)nn1. The third-order valence-electron chi connectivity index (χ3n) is 4.78. The Morgan fingerprint density at radius 3 is 2.80 bits per heavy atom. The van der Waals surface area contributed by atoms with Crippen molar-refractivity contribution in [1.82, 2.24) is 30.2 Å². The summed E-state index contributed by atoms with van der Waals surface area (Å²) in [7, 11) is 5.60. The molecule has 25 heavy (non-hydrogen) atoms. The van der Waals surface area contributed by atoms with Gasteiger partial charge in [-0.3, -0.25) is 14.4 Å². The van der Waals surface area contributed by atoms with Crippen LogP contribution in [-0.2, 0) is 7.05 Å². The number of nitrogens with one attached hydrogen (secondary N) is 1. The normalized spacial score (nSPS) is 21.1. The lowest BCUT2D eigenvalue weighted by molar-refractivity contribution is 0.0875. The van der Waals surface area contributed by atoms with E-state index in [9.17, 15) is 4.79 Å². The van der Waals surface area contributed by atoms with Crippen molar-refractivity contribution in [2.24, 2.45) is 13.0 Å². The summed E-state index contributed by atoms with van der Waals surface area (Å²) in [5.41, 5.74) is 1.47. The summed E-state index contributed by atoms with van der Waals surface area (Å²) in [6, 6.07) is 5.54. The molecule has 0 aliphatic carbocycles. The molecule has 2 atom stereocenters. The molecule has 2 aromatic rings. The van der Waals surface area contributed by atoms with Crippen LogP contribution in [-0.4, -0.2) is 58.0 Å². The molecule has 8 heteroatoms. The van der Waals surface area contributed by atoms with Crippen molar-refractivity contribution in [1.29, 1.82) is 0 Å². The number of hydrogen-bond acceptors (Lipinski definition) is 6. The van der Waals surface area contributed by atoms with Crippen LogP contribution in [0.25, 0.3) is 0 Å². The minimum absolute atomic E-state index is 0.216. The Morgan fingerprint density at radius 2 is 2.16 bits per heavy atom. The number of nitrogens with zero attached hydrogens (tertiary/aromatic N) is 5. The number of carbonyl (C=O) groups excluding carboxylic acids is 1. The van der Waals surface area contributed by atoms with E-state index in [4.69, 9.17) is 4.74 Å². The molecule has 1 amide bonds. The van der Waals surface area contributed by atoms with Gasteiger partial charge in [0, 0.05) is 25.9 Å². The van der Waals surface area contributed by atoms with E-state index in [1.165, 1.54) is 12.8 Å². The predicted molar refractivity (Wildman–Crippen MR) is 92.2 cm³/mol. The van der Waals surface area contributed by atoms with Gasteiger partial charge in [0.25, 0.3) is 5.91 Å². The maximum absolute atomic E-state index is 12.3. The van der Waals surface area contributed by atoms with Crippen LogP contribution < -0.4 is 10.1 Å².